The van der Waals surface area contributed by atoms with Gasteiger partial charge in [-0.1, -0.05) is 0 Å². The molecule has 8 nitrogen and oxygen atoms in total. The number of fused-ring (bicyclic) bond motifs is 3. The highest BCUT2D eigenvalue weighted by Crippen LogP contribution is 2.07. The van der Waals surface area contributed by atoms with Crippen molar-refractivity contribution < 1.29 is 9.53 Å². The first-order valence-corrected chi connectivity index (χ1v) is 3.43. The summed E-state index contributed by atoms with van der Waals surface area (Å²) in [6.07, 6.45) is 0. The number of rotatable bonds is 0. The molecule has 0 radical (unpaired) electrons. The van der Waals surface area contributed by atoms with E-state index in [2.05, 4.69) is 25.3 Å². The highest BCUT2D eigenvalue weighted by molar-refractivity contribution is 5.69. The minimum atomic E-state index is 0.291. The van der Waals surface area contributed by atoms with Gasteiger partial charge >= 0.3 is 5.65 Å². The smallest absolute Gasteiger partial charge is 0.345 e. The van der Waals surface area contributed by atoms with E-state index in [-0.39, 0.29) is 0 Å². The fourth-order valence-electron chi connectivity index (χ4n) is 1.13. The molecule has 0 aromatic carbocycles. The van der Waals surface area contributed by atoms with Crippen molar-refractivity contribution in [1.29, 1.82) is 0 Å². The zero-order valence-electron chi connectivity index (χ0n) is 6.15. The number of hydrogen-bond acceptors (Lipinski definition) is 6. The largest absolute Gasteiger partial charge is 0.359 e. The van der Waals surface area contributed by atoms with Crippen LogP contribution in [0.5, 0.6) is 0 Å². The van der Waals surface area contributed by atoms with Crippen LogP contribution in [0.25, 0.3) is 16.8 Å². The lowest BCUT2D eigenvalue weighted by Gasteiger charge is -1.85. The Morgan fingerprint density at radius 1 is 1.46 bits per heavy atom. The summed E-state index contributed by atoms with van der Waals surface area (Å²) < 4.78 is 5.71. The third-order valence-corrected chi connectivity index (χ3v) is 1.71. The molecule has 3 aromatic rings. The third-order valence-electron chi connectivity index (χ3n) is 1.71. The number of pyridine rings is 1. The van der Waals surface area contributed by atoms with Gasteiger partial charge in [0.15, 0.2) is 5.65 Å². The second-order valence-electron chi connectivity index (χ2n) is 2.42. The van der Waals surface area contributed by atoms with E-state index in [9.17, 15) is 5.21 Å². The van der Waals surface area contributed by atoms with E-state index in [1.807, 2.05) is 0 Å². The van der Waals surface area contributed by atoms with Gasteiger partial charge in [-0.25, -0.2) is 0 Å². The van der Waals surface area contributed by atoms with Crippen molar-refractivity contribution in [1.82, 2.24) is 25.2 Å². The molecule has 0 unspecified atom stereocenters. The van der Waals surface area contributed by atoms with Crippen LogP contribution in [0.15, 0.2) is 16.8 Å². The SMILES string of the molecule is [O-][n+]1onc2c1ccc1nnnn12. The molecular formula is C5H2N6O2. The lowest BCUT2D eigenvalue weighted by molar-refractivity contribution is -0.782. The molecule has 8 heteroatoms. The minimum Gasteiger partial charge on any atom is -0.359 e. The summed E-state index contributed by atoms with van der Waals surface area (Å²) >= 11 is 0. The molecule has 3 rings (SSSR count). The number of nitrogens with zero attached hydrogens (tertiary/aromatic N) is 6. The first-order valence-electron chi connectivity index (χ1n) is 3.43. The van der Waals surface area contributed by atoms with Gasteiger partial charge in [-0.2, -0.15) is 0 Å². The first kappa shape index (κ1) is 6.29. The summed E-state index contributed by atoms with van der Waals surface area (Å²) in [5.41, 5.74) is 1.11. The van der Waals surface area contributed by atoms with Gasteiger partial charge in [-0.05, 0) is 27.5 Å². The van der Waals surface area contributed by atoms with Crippen LogP contribution in [-0.2, 0) is 0 Å². The number of tetrazole rings is 1. The molecule has 0 fully saturated rings. The lowest BCUT2D eigenvalue weighted by atomic mass is 10.4. The van der Waals surface area contributed by atoms with Crippen molar-refractivity contribution in [3.8, 4) is 0 Å². The quantitative estimate of drug-likeness (QED) is 0.405. The Hall–Kier alpha value is -2.25. The van der Waals surface area contributed by atoms with Gasteiger partial charge in [0.25, 0.3) is 0 Å². The van der Waals surface area contributed by atoms with Gasteiger partial charge in [0.05, 0.1) is 5.16 Å². The Kier molecular flexibility index (Phi) is 0.925. The van der Waals surface area contributed by atoms with Crippen molar-refractivity contribution in [3.05, 3.63) is 17.3 Å². The molecule has 0 atom stereocenters. The van der Waals surface area contributed by atoms with Crippen LogP contribution in [0.4, 0.5) is 0 Å². The van der Waals surface area contributed by atoms with Crippen molar-refractivity contribution in [2.45, 2.75) is 0 Å². The maximum atomic E-state index is 10.9. The summed E-state index contributed by atoms with van der Waals surface area (Å²) in [6.45, 7) is 0. The molecule has 13 heavy (non-hydrogen) atoms. The topological polar surface area (TPSA) is 96.0 Å². The van der Waals surface area contributed by atoms with Gasteiger partial charge in [0.1, 0.15) is 0 Å². The van der Waals surface area contributed by atoms with E-state index in [4.69, 9.17) is 0 Å². The van der Waals surface area contributed by atoms with E-state index < -0.39 is 0 Å². The summed E-state index contributed by atoms with van der Waals surface area (Å²) in [6, 6.07) is 3.15. The average molecular weight is 178 g/mol. The van der Waals surface area contributed by atoms with Crippen LogP contribution >= 0.6 is 0 Å². The van der Waals surface area contributed by atoms with Crippen molar-refractivity contribution >= 4 is 16.8 Å². The number of hydrogen-bond donors (Lipinski definition) is 0. The molecule has 0 bridgehead atoms. The highest BCUT2D eigenvalue weighted by Gasteiger charge is 2.14. The molecule has 0 saturated heterocycles. The van der Waals surface area contributed by atoms with Gasteiger partial charge in [-0.3, -0.25) is 4.63 Å². The monoisotopic (exact) mass is 178 g/mol. The Balaban J connectivity index is 2.66. The molecule has 0 aliphatic heterocycles. The normalized spacial score (nSPS) is 11.4. The van der Waals surface area contributed by atoms with Crippen molar-refractivity contribution in [2.75, 3.05) is 0 Å². The molecule has 0 N–H and O–H groups in total. The highest BCUT2D eigenvalue weighted by atomic mass is 16.8. The lowest BCUT2D eigenvalue weighted by Crippen LogP contribution is -2.22. The standard InChI is InChI=1S/C5H2N6O2/c12-11-3-1-2-4-6-8-9-10(4)5(3)7-13-11/h1-2H. The van der Waals surface area contributed by atoms with E-state index in [1.54, 1.807) is 12.1 Å². The van der Waals surface area contributed by atoms with Gasteiger partial charge in [-0.15, -0.1) is 9.61 Å². The maximum absolute atomic E-state index is 10.9. The second kappa shape index (κ2) is 1.91. The summed E-state index contributed by atoms with van der Waals surface area (Å²) in [4.78, 5) is 0.302. The molecule has 3 heterocycles. The van der Waals surface area contributed by atoms with E-state index in [0.717, 1.165) is 0 Å². The Bertz CT molecular complexity index is 583. The zero-order chi connectivity index (χ0) is 8.84. The Morgan fingerprint density at radius 2 is 2.38 bits per heavy atom. The molecule has 0 aliphatic carbocycles. The minimum absolute atomic E-state index is 0.291. The van der Waals surface area contributed by atoms with Crippen LogP contribution in [0, 0.1) is 5.21 Å². The van der Waals surface area contributed by atoms with Crippen LogP contribution in [0.2, 0.25) is 0 Å². The maximum Gasteiger partial charge on any atom is 0.345 e. The second-order valence-corrected chi connectivity index (χ2v) is 2.42. The van der Waals surface area contributed by atoms with Gasteiger partial charge in [0.2, 0.25) is 5.52 Å². The zero-order valence-corrected chi connectivity index (χ0v) is 6.15. The van der Waals surface area contributed by atoms with Gasteiger partial charge in [0, 0.05) is 0 Å². The third kappa shape index (κ3) is 0.662. The first-order chi connectivity index (χ1) is 6.36. The fraction of sp³-hybridized carbons (Fsp3) is 0. The van der Waals surface area contributed by atoms with Crippen molar-refractivity contribution in [3.63, 3.8) is 0 Å². The van der Waals surface area contributed by atoms with Gasteiger partial charge < -0.3 is 5.21 Å². The molecule has 64 valence electrons. The molecule has 0 aliphatic rings. The molecule has 3 aromatic heterocycles. The fourth-order valence-corrected chi connectivity index (χ4v) is 1.13. The summed E-state index contributed by atoms with van der Waals surface area (Å²) in [7, 11) is 0. The molecular weight excluding hydrogens is 176 g/mol. The molecule has 0 saturated carbocycles. The summed E-state index contributed by atoms with van der Waals surface area (Å²) in [5, 5.41) is 25.2. The number of aromatic nitrogens is 6. The van der Waals surface area contributed by atoms with E-state index in [0.29, 0.717) is 21.7 Å². The Labute approximate surface area is 69.9 Å². The average Bonchev–Trinajstić information content (AvgIpc) is 2.70. The van der Waals surface area contributed by atoms with Crippen LogP contribution in [0.3, 0.4) is 0 Å². The van der Waals surface area contributed by atoms with Crippen LogP contribution < -0.4 is 4.90 Å². The predicted octanol–water partition coefficient (Wildman–Crippen LogP) is -1.10. The van der Waals surface area contributed by atoms with Crippen LogP contribution in [0.1, 0.15) is 0 Å². The Morgan fingerprint density at radius 3 is 3.31 bits per heavy atom. The predicted molar refractivity (Wildman–Crippen MR) is 37.3 cm³/mol. The van der Waals surface area contributed by atoms with E-state index >= 15 is 0 Å². The summed E-state index contributed by atoms with van der Waals surface area (Å²) in [5.74, 6) is 0. The van der Waals surface area contributed by atoms with E-state index in [1.165, 1.54) is 4.52 Å². The molecule has 0 amide bonds. The van der Waals surface area contributed by atoms with Crippen molar-refractivity contribution in [2.24, 2.45) is 0 Å². The molecule has 0 spiro atoms. The van der Waals surface area contributed by atoms with Crippen LogP contribution in [-0.4, -0.2) is 25.2 Å².